The number of likely N-dealkylation sites (tertiary alicyclic amines) is 1. The summed E-state index contributed by atoms with van der Waals surface area (Å²) < 4.78 is 16.2. The summed E-state index contributed by atoms with van der Waals surface area (Å²) in [6, 6.07) is 0. The zero-order chi connectivity index (χ0) is 24.0. The summed E-state index contributed by atoms with van der Waals surface area (Å²) in [6.07, 6.45) is -7.20. The Bertz CT molecular complexity index is 702. The number of carbonyl (C=O) groups is 1. The van der Waals surface area contributed by atoms with Crippen LogP contribution in [-0.4, -0.2) is 128 Å². The third-order valence-electron chi connectivity index (χ3n) is 7.53. The van der Waals surface area contributed by atoms with Crippen molar-refractivity contribution in [1.82, 2.24) is 4.90 Å². The van der Waals surface area contributed by atoms with Crippen LogP contribution in [0.1, 0.15) is 38.5 Å². The number of aliphatic hydroxyl groups excluding tert-OH is 6. The van der Waals surface area contributed by atoms with Gasteiger partial charge >= 0.3 is 0 Å². The fourth-order valence-corrected chi connectivity index (χ4v) is 5.55. The van der Waals surface area contributed by atoms with E-state index in [4.69, 9.17) is 14.2 Å². The maximum absolute atomic E-state index is 12.7. The van der Waals surface area contributed by atoms with Crippen molar-refractivity contribution in [3.8, 4) is 0 Å². The molecular weight excluding hydrogens is 442 g/mol. The monoisotopic (exact) mass is 477 g/mol. The molecule has 0 aromatic carbocycles. The molecule has 1 spiro atoms. The second kappa shape index (κ2) is 9.61. The predicted octanol–water partition coefficient (Wildman–Crippen LogP) is -3.21. The zero-order valence-electron chi connectivity index (χ0n) is 18.4. The van der Waals surface area contributed by atoms with Gasteiger partial charge in [-0.1, -0.05) is 19.3 Å². The van der Waals surface area contributed by atoms with Crippen LogP contribution in [0.25, 0.3) is 0 Å². The molecule has 9 atom stereocenters. The number of ether oxygens (including phenoxy) is 3. The van der Waals surface area contributed by atoms with E-state index in [-0.39, 0.29) is 17.9 Å². The molecule has 3 saturated heterocycles. The highest BCUT2D eigenvalue weighted by molar-refractivity contribution is 5.79. The molecule has 12 heteroatoms. The quantitative estimate of drug-likeness (QED) is 0.211. The van der Waals surface area contributed by atoms with Crippen molar-refractivity contribution in [2.75, 3.05) is 26.3 Å². The molecule has 4 aliphatic rings. The first-order valence-electron chi connectivity index (χ1n) is 11.6. The van der Waals surface area contributed by atoms with Crippen LogP contribution in [0.5, 0.6) is 0 Å². The van der Waals surface area contributed by atoms with E-state index in [9.17, 15) is 40.5 Å². The standard InChI is InChI=1S/C21H35NO11/c23-7-12-14(26)15(27)16(28)19(32-12)33-17-11(24)8-31-21(30,18(17)29)10-22-9-20(6-13(22)25)4-2-1-3-5-20/h11-12,14-19,23-24,26-30H,1-10H2/t11?,12-,14+,15+,16-,17?,18?,19+,21?/m1/s1. The van der Waals surface area contributed by atoms with Crippen LogP contribution < -0.4 is 0 Å². The highest BCUT2D eigenvalue weighted by Gasteiger charge is 2.55. The first-order chi connectivity index (χ1) is 15.6. The van der Waals surface area contributed by atoms with Gasteiger partial charge in [0.25, 0.3) is 0 Å². The van der Waals surface area contributed by atoms with Crippen LogP contribution in [0.3, 0.4) is 0 Å². The molecule has 33 heavy (non-hydrogen) atoms. The summed E-state index contributed by atoms with van der Waals surface area (Å²) in [7, 11) is 0. The fourth-order valence-electron chi connectivity index (χ4n) is 5.55. The predicted molar refractivity (Wildman–Crippen MR) is 108 cm³/mol. The molecular formula is C21H35NO11. The first kappa shape index (κ1) is 25.2. The van der Waals surface area contributed by atoms with E-state index >= 15 is 0 Å². The Labute approximate surface area is 191 Å². The van der Waals surface area contributed by atoms with E-state index in [1.807, 2.05) is 0 Å². The molecule has 12 nitrogen and oxygen atoms in total. The van der Waals surface area contributed by atoms with Gasteiger partial charge in [0.1, 0.15) is 42.7 Å². The molecule has 0 bridgehead atoms. The Balaban J connectivity index is 1.45. The molecule has 190 valence electrons. The van der Waals surface area contributed by atoms with Crippen LogP contribution in [0.15, 0.2) is 0 Å². The molecule has 4 fully saturated rings. The summed E-state index contributed by atoms with van der Waals surface area (Å²) in [5, 5.41) is 71.7. The minimum absolute atomic E-state index is 0.128. The SMILES string of the molecule is O=C1CC2(CCCCC2)CN1CC1(O)OCC(O)C(O[C@@H]2O[C@H](CO)[C@H](O)[C@H](O)[C@H]2O)C1O. The Morgan fingerprint density at radius 2 is 1.73 bits per heavy atom. The molecule has 1 aliphatic carbocycles. The summed E-state index contributed by atoms with van der Waals surface area (Å²) in [5.41, 5.74) is -0.128. The smallest absolute Gasteiger partial charge is 0.223 e. The van der Waals surface area contributed by atoms with Gasteiger partial charge in [0, 0.05) is 13.0 Å². The molecule has 0 aromatic heterocycles. The molecule has 1 amide bonds. The van der Waals surface area contributed by atoms with E-state index in [0.717, 1.165) is 32.1 Å². The van der Waals surface area contributed by atoms with Gasteiger partial charge in [0.2, 0.25) is 11.7 Å². The Morgan fingerprint density at radius 3 is 2.39 bits per heavy atom. The van der Waals surface area contributed by atoms with Crippen molar-refractivity contribution >= 4 is 5.91 Å². The Morgan fingerprint density at radius 1 is 1.03 bits per heavy atom. The second-order valence-electron chi connectivity index (χ2n) is 9.95. The van der Waals surface area contributed by atoms with E-state index in [1.165, 1.54) is 4.90 Å². The van der Waals surface area contributed by atoms with E-state index in [2.05, 4.69) is 0 Å². The maximum Gasteiger partial charge on any atom is 0.223 e. The number of nitrogens with zero attached hydrogens (tertiary/aromatic N) is 1. The molecule has 4 unspecified atom stereocenters. The average molecular weight is 478 g/mol. The number of amides is 1. The number of rotatable bonds is 5. The van der Waals surface area contributed by atoms with Gasteiger partial charge in [-0.15, -0.1) is 0 Å². The molecule has 3 aliphatic heterocycles. The lowest BCUT2D eigenvalue weighted by atomic mass is 9.73. The van der Waals surface area contributed by atoms with Gasteiger partial charge in [-0.05, 0) is 18.3 Å². The van der Waals surface area contributed by atoms with Gasteiger partial charge < -0.3 is 54.9 Å². The minimum atomic E-state index is -2.24. The van der Waals surface area contributed by atoms with E-state index in [1.54, 1.807) is 0 Å². The maximum atomic E-state index is 12.7. The van der Waals surface area contributed by atoms with Crippen LogP contribution in [0.2, 0.25) is 0 Å². The minimum Gasteiger partial charge on any atom is -0.394 e. The van der Waals surface area contributed by atoms with E-state index in [0.29, 0.717) is 13.0 Å². The molecule has 0 aromatic rings. The van der Waals surface area contributed by atoms with Gasteiger partial charge in [-0.3, -0.25) is 4.79 Å². The van der Waals surface area contributed by atoms with Crippen molar-refractivity contribution in [3.63, 3.8) is 0 Å². The molecule has 1 saturated carbocycles. The van der Waals surface area contributed by atoms with E-state index < -0.39 is 68.0 Å². The zero-order valence-corrected chi connectivity index (χ0v) is 18.4. The number of hydrogen-bond acceptors (Lipinski definition) is 11. The molecule has 0 radical (unpaired) electrons. The summed E-state index contributed by atoms with van der Waals surface area (Å²) in [4.78, 5) is 14.2. The Hall–Kier alpha value is -0.930. The van der Waals surface area contributed by atoms with Crippen molar-refractivity contribution in [1.29, 1.82) is 0 Å². The summed E-state index contributed by atoms with van der Waals surface area (Å²) in [6.45, 7) is -0.976. The van der Waals surface area contributed by atoms with Crippen LogP contribution in [0.4, 0.5) is 0 Å². The summed E-state index contributed by atoms with van der Waals surface area (Å²) in [5.74, 6) is -2.38. The van der Waals surface area contributed by atoms with Gasteiger partial charge in [0.15, 0.2) is 6.29 Å². The number of aliphatic hydroxyl groups is 7. The third kappa shape index (κ3) is 4.79. The van der Waals surface area contributed by atoms with Crippen molar-refractivity contribution < 1.29 is 54.8 Å². The number of β-amino-alcohol motifs (C(OH)–C–C–N with tert-alkyl or cyclic N) is 1. The van der Waals surface area contributed by atoms with Crippen LogP contribution in [-0.2, 0) is 19.0 Å². The number of hydrogen-bond donors (Lipinski definition) is 7. The Kier molecular flexibility index (Phi) is 7.33. The molecule has 4 rings (SSSR count). The van der Waals surface area contributed by atoms with Gasteiger partial charge in [0.05, 0.1) is 19.8 Å². The normalized spacial score (nSPS) is 46.2. The molecule has 3 heterocycles. The summed E-state index contributed by atoms with van der Waals surface area (Å²) >= 11 is 0. The third-order valence-corrected chi connectivity index (χ3v) is 7.53. The first-order valence-corrected chi connectivity index (χ1v) is 11.6. The van der Waals surface area contributed by atoms with Gasteiger partial charge in [-0.2, -0.15) is 0 Å². The number of carbonyl (C=O) groups excluding carboxylic acids is 1. The molecule has 7 N–H and O–H groups in total. The highest BCUT2D eigenvalue weighted by Crippen LogP contribution is 2.45. The lowest BCUT2D eigenvalue weighted by molar-refractivity contribution is -0.369. The second-order valence-corrected chi connectivity index (χ2v) is 9.95. The highest BCUT2D eigenvalue weighted by atomic mass is 16.7. The van der Waals surface area contributed by atoms with Crippen molar-refractivity contribution in [3.05, 3.63) is 0 Å². The van der Waals surface area contributed by atoms with Gasteiger partial charge in [-0.25, -0.2) is 0 Å². The lowest BCUT2D eigenvalue weighted by Crippen LogP contribution is -2.67. The largest absolute Gasteiger partial charge is 0.394 e. The fraction of sp³-hybridized carbons (Fsp3) is 0.952. The van der Waals surface area contributed by atoms with Crippen molar-refractivity contribution in [2.24, 2.45) is 5.41 Å². The average Bonchev–Trinajstić information content (AvgIpc) is 3.08. The topological polar surface area (TPSA) is 190 Å². The lowest BCUT2D eigenvalue weighted by Gasteiger charge is -2.47. The van der Waals surface area contributed by atoms with Crippen LogP contribution in [0, 0.1) is 5.41 Å². The van der Waals surface area contributed by atoms with Crippen LogP contribution >= 0.6 is 0 Å². The van der Waals surface area contributed by atoms with Crippen molar-refractivity contribution in [2.45, 2.75) is 93.3 Å².